The van der Waals surface area contributed by atoms with Crippen LogP contribution in [0, 0.1) is 0 Å². The van der Waals surface area contributed by atoms with Crippen LogP contribution < -0.4 is 14.4 Å². The lowest BCUT2D eigenvalue weighted by molar-refractivity contribution is -0.140. The Hall–Kier alpha value is -3.27. The van der Waals surface area contributed by atoms with Crippen molar-refractivity contribution in [2.75, 3.05) is 30.8 Å². The highest BCUT2D eigenvalue weighted by molar-refractivity contribution is 7.92. The maximum atomic E-state index is 14.0. The lowest BCUT2D eigenvalue weighted by Crippen LogP contribution is -2.53. The van der Waals surface area contributed by atoms with Gasteiger partial charge in [0.05, 0.1) is 19.1 Å². The standard InChI is InChI=1S/C29H33Cl2N3O5S/c1-4-16-32-29(36)27(17-21-8-6-5-7-9-21)33(19-22-10-11-23(30)18-26(22)31)28(35)20-34(40(3,37)38)24-12-14-25(39-2)15-13-24/h5-15,18,27H,4,16-17,19-20H2,1-3H3,(H,32,36). The molecule has 0 saturated heterocycles. The molecule has 0 aromatic heterocycles. The predicted molar refractivity (Wildman–Crippen MR) is 159 cm³/mol. The fraction of sp³-hybridized carbons (Fsp3) is 0.310. The van der Waals surface area contributed by atoms with Gasteiger partial charge >= 0.3 is 0 Å². The van der Waals surface area contributed by atoms with Gasteiger partial charge in [0.2, 0.25) is 21.8 Å². The number of carbonyl (C=O) groups is 2. The van der Waals surface area contributed by atoms with E-state index >= 15 is 0 Å². The maximum Gasteiger partial charge on any atom is 0.244 e. The molecule has 40 heavy (non-hydrogen) atoms. The van der Waals surface area contributed by atoms with Crippen LogP contribution in [0.25, 0.3) is 0 Å². The Kier molecular flexibility index (Phi) is 11.2. The molecule has 2 amide bonds. The van der Waals surface area contributed by atoms with Crippen molar-refractivity contribution in [1.29, 1.82) is 0 Å². The summed E-state index contributed by atoms with van der Waals surface area (Å²) in [5.74, 6) is -0.377. The third kappa shape index (κ3) is 8.61. The van der Waals surface area contributed by atoms with Crippen LogP contribution >= 0.6 is 23.2 Å². The number of rotatable bonds is 13. The van der Waals surface area contributed by atoms with E-state index in [9.17, 15) is 18.0 Å². The Labute approximate surface area is 245 Å². The number of benzene rings is 3. The summed E-state index contributed by atoms with van der Waals surface area (Å²) in [5.41, 5.74) is 1.70. The minimum Gasteiger partial charge on any atom is -0.497 e. The molecule has 0 heterocycles. The zero-order valence-corrected chi connectivity index (χ0v) is 25.0. The topological polar surface area (TPSA) is 96.0 Å². The van der Waals surface area contributed by atoms with Crippen molar-refractivity contribution >= 4 is 50.7 Å². The Morgan fingerprint density at radius 2 is 1.68 bits per heavy atom. The first-order valence-corrected chi connectivity index (χ1v) is 15.3. The van der Waals surface area contributed by atoms with E-state index in [2.05, 4.69) is 5.32 Å². The number of carbonyl (C=O) groups excluding carboxylic acids is 2. The molecule has 0 aliphatic heterocycles. The Morgan fingerprint density at radius 1 is 1.00 bits per heavy atom. The number of amides is 2. The van der Waals surface area contributed by atoms with Crippen LogP contribution in [-0.2, 0) is 32.6 Å². The Balaban J connectivity index is 2.05. The van der Waals surface area contributed by atoms with Crippen LogP contribution in [-0.4, -0.2) is 57.6 Å². The predicted octanol–water partition coefficient (Wildman–Crippen LogP) is 4.93. The fourth-order valence-electron chi connectivity index (χ4n) is 4.12. The molecule has 0 bridgehead atoms. The lowest BCUT2D eigenvalue weighted by atomic mass is 10.0. The first-order chi connectivity index (χ1) is 19.0. The van der Waals surface area contributed by atoms with Gasteiger partial charge in [-0.3, -0.25) is 13.9 Å². The molecule has 214 valence electrons. The minimum atomic E-state index is -3.87. The molecule has 11 heteroatoms. The van der Waals surface area contributed by atoms with Crippen molar-refractivity contribution < 1.29 is 22.7 Å². The number of anilines is 1. The van der Waals surface area contributed by atoms with Crippen LogP contribution in [0.1, 0.15) is 24.5 Å². The summed E-state index contributed by atoms with van der Waals surface area (Å²) in [6.07, 6.45) is 1.95. The smallest absolute Gasteiger partial charge is 0.244 e. The molecule has 0 aliphatic carbocycles. The van der Waals surface area contributed by atoms with Gasteiger partial charge in [0.1, 0.15) is 18.3 Å². The van der Waals surface area contributed by atoms with Gasteiger partial charge < -0.3 is 15.0 Å². The van der Waals surface area contributed by atoms with Crippen molar-refractivity contribution in [3.05, 3.63) is 94.0 Å². The molecule has 3 rings (SSSR count). The molecular weight excluding hydrogens is 573 g/mol. The average molecular weight is 607 g/mol. The highest BCUT2D eigenvalue weighted by Gasteiger charge is 2.33. The van der Waals surface area contributed by atoms with E-state index in [0.717, 1.165) is 16.1 Å². The van der Waals surface area contributed by atoms with Gasteiger partial charge in [-0.25, -0.2) is 8.42 Å². The summed E-state index contributed by atoms with van der Waals surface area (Å²) in [6, 6.07) is 19.6. The van der Waals surface area contributed by atoms with Crippen molar-refractivity contribution in [2.45, 2.75) is 32.4 Å². The summed E-state index contributed by atoms with van der Waals surface area (Å²) in [4.78, 5) is 28.9. The average Bonchev–Trinajstić information content (AvgIpc) is 2.93. The molecule has 0 spiro atoms. The second-order valence-electron chi connectivity index (χ2n) is 9.22. The zero-order valence-electron chi connectivity index (χ0n) is 22.6. The van der Waals surface area contributed by atoms with Crippen molar-refractivity contribution in [3.8, 4) is 5.75 Å². The molecule has 3 aromatic carbocycles. The summed E-state index contributed by atoms with van der Waals surface area (Å²) in [5, 5.41) is 3.65. The van der Waals surface area contributed by atoms with Crippen LogP contribution in [0.4, 0.5) is 5.69 Å². The van der Waals surface area contributed by atoms with Crippen LogP contribution in [0.5, 0.6) is 5.75 Å². The second kappa shape index (κ2) is 14.4. The van der Waals surface area contributed by atoms with Crippen LogP contribution in [0.3, 0.4) is 0 Å². The lowest BCUT2D eigenvalue weighted by Gasteiger charge is -2.33. The van der Waals surface area contributed by atoms with E-state index in [1.165, 1.54) is 12.0 Å². The summed E-state index contributed by atoms with van der Waals surface area (Å²) < 4.78 is 31.9. The number of sulfonamides is 1. The number of methoxy groups -OCH3 is 1. The Morgan fingerprint density at radius 3 is 2.25 bits per heavy atom. The molecule has 0 saturated carbocycles. The molecule has 3 aromatic rings. The van der Waals surface area contributed by atoms with E-state index < -0.39 is 28.5 Å². The number of halogens is 2. The summed E-state index contributed by atoms with van der Waals surface area (Å²) in [7, 11) is -2.37. The van der Waals surface area contributed by atoms with E-state index in [1.807, 2.05) is 37.3 Å². The van der Waals surface area contributed by atoms with E-state index in [-0.39, 0.29) is 24.6 Å². The third-order valence-corrected chi connectivity index (χ3v) is 7.94. The summed E-state index contributed by atoms with van der Waals surface area (Å²) in [6.45, 7) is 1.80. The van der Waals surface area contributed by atoms with E-state index in [1.54, 1.807) is 42.5 Å². The van der Waals surface area contributed by atoms with Crippen LogP contribution in [0.15, 0.2) is 72.8 Å². The number of ether oxygens (including phenoxy) is 1. The number of nitrogens with one attached hydrogen (secondary N) is 1. The highest BCUT2D eigenvalue weighted by atomic mass is 35.5. The van der Waals surface area contributed by atoms with Crippen molar-refractivity contribution in [3.63, 3.8) is 0 Å². The molecule has 0 radical (unpaired) electrons. The van der Waals surface area contributed by atoms with E-state index in [4.69, 9.17) is 27.9 Å². The van der Waals surface area contributed by atoms with Gasteiger partial charge in [-0.15, -0.1) is 0 Å². The zero-order chi connectivity index (χ0) is 29.3. The highest BCUT2D eigenvalue weighted by Crippen LogP contribution is 2.26. The monoisotopic (exact) mass is 605 g/mol. The molecule has 0 fully saturated rings. The largest absolute Gasteiger partial charge is 0.497 e. The second-order valence-corrected chi connectivity index (χ2v) is 12.0. The maximum absolute atomic E-state index is 14.0. The number of hydrogen-bond acceptors (Lipinski definition) is 5. The van der Waals surface area contributed by atoms with Gasteiger partial charge in [0, 0.05) is 29.6 Å². The first kappa shape index (κ1) is 31.3. The molecular formula is C29H33Cl2N3O5S. The van der Waals surface area contributed by atoms with Gasteiger partial charge in [-0.05, 0) is 53.9 Å². The van der Waals surface area contributed by atoms with Gasteiger partial charge in [0.15, 0.2) is 0 Å². The van der Waals surface area contributed by atoms with Crippen molar-refractivity contribution in [2.24, 2.45) is 0 Å². The van der Waals surface area contributed by atoms with Crippen molar-refractivity contribution in [1.82, 2.24) is 10.2 Å². The SMILES string of the molecule is CCCNC(=O)C(Cc1ccccc1)N(Cc1ccc(Cl)cc1Cl)C(=O)CN(c1ccc(OC)cc1)S(C)(=O)=O. The van der Waals surface area contributed by atoms with Gasteiger partial charge in [-0.1, -0.05) is 66.5 Å². The number of nitrogens with zero attached hydrogens (tertiary/aromatic N) is 2. The number of hydrogen-bond donors (Lipinski definition) is 1. The van der Waals surface area contributed by atoms with Gasteiger partial charge in [0.25, 0.3) is 0 Å². The van der Waals surface area contributed by atoms with E-state index in [0.29, 0.717) is 34.3 Å². The first-order valence-electron chi connectivity index (χ1n) is 12.7. The summed E-state index contributed by atoms with van der Waals surface area (Å²) >= 11 is 12.6. The normalized spacial score (nSPS) is 11.9. The third-order valence-electron chi connectivity index (χ3n) is 6.22. The quantitative estimate of drug-likeness (QED) is 0.298. The molecule has 1 unspecified atom stereocenters. The minimum absolute atomic E-state index is 0.0356. The fourth-order valence-corrected chi connectivity index (χ4v) is 5.43. The molecule has 8 nitrogen and oxygen atoms in total. The molecule has 1 N–H and O–H groups in total. The van der Waals surface area contributed by atoms with Gasteiger partial charge in [-0.2, -0.15) is 0 Å². The Bertz CT molecular complexity index is 1400. The van der Waals surface area contributed by atoms with Crippen LogP contribution in [0.2, 0.25) is 10.0 Å². The molecule has 0 aliphatic rings. The molecule has 1 atom stereocenters.